The molecule has 0 fully saturated rings. The standard InChI is InChI=1S/C18H18N2O3/c1-14-7-8-16(23-14)9-10-18(21)20-15-5-4-6-17(13-15)22-12-3-2-11-19/h4-10,13H,2-3,12H2,1H3,(H,20,21)/b10-9+. The van der Waals surface area contributed by atoms with Crippen LogP contribution >= 0.6 is 0 Å². The Labute approximate surface area is 135 Å². The molecular weight excluding hydrogens is 292 g/mol. The van der Waals surface area contributed by atoms with Crippen molar-refractivity contribution < 1.29 is 13.9 Å². The molecule has 5 nitrogen and oxygen atoms in total. The van der Waals surface area contributed by atoms with Crippen LogP contribution in [0.15, 0.2) is 46.9 Å². The number of nitrogens with one attached hydrogen (secondary N) is 1. The predicted molar refractivity (Wildman–Crippen MR) is 87.9 cm³/mol. The zero-order valence-corrected chi connectivity index (χ0v) is 12.9. The van der Waals surface area contributed by atoms with E-state index in [-0.39, 0.29) is 5.91 Å². The van der Waals surface area contributed by atoms with Crippen molar-refractivity contribution in [3.8, 4) is 11.8 Å². The number of anilines is 1. The van der Waals surface area contributed by atoms with Gasteiger partial charge in [0.05, 0.1) is 12.7 Å². The van der Waals surface area contributed by atoms with Crippen LogP contribution in [0.25, 0.3) is 6.08 Å². The summed E-state index contributed by atoms with van der Waals surface area (Å²) in [5, 5.41) is 11.2. The molecule has 118 valence electrons. The van der Waals surface area contributed by atoms with Crippen molar-refractivity contribution in [2.75, 3.05) is 11.9 Å². The van der Waals surface area contributed by atoms with Gasteiger partial charge >= 0.3 is 0 Å². The van der Waals surface area contributed by atoms with Gasteiger partial charge in [-0.25, -0.2) is 0 Å². The number of furan rings is 1. The number of carbonyl (C=O) groups is 1. The first-order chi connectivity index (χ1) is 11.2. The van der Waals surface area contributed by atoms with Gasteiger partial charge in [-0.3, -0.25) is 4.79 Å². The van der Waals surface area contributed by atoms with Gasteiger partial charge in [0.15, 0.2) is 0 Å². The Morgan fingerprint density at radius 2 is 2.26 bits per heavy atom. The van der Waals surface area contributed by atoms with Crippen LogP contribution in [0, 0.1) is 18.3 Å². The van der Waals surface area contributed by atoms with Gasteiger partial charge in [0.25, 0.3) is 0 Å². The van der Waals surface area contributed by atoms with Gasteiger partial charge in [-0.05, 0) is 43.7 Å². The third-order valence-corrected chi connectivity index (χ3v) is 2.96. The normalized spacial score (nSPS) is 10.4. The Bertz CT molecular complexity index is 726. The molecule has 0 saturated carbocycles. The topological polar surface area (TPSA) is 75.3 Å². The summed E-state index contributed by atoms with van der Waals surface area (Å²) in [5.74, 6) is 1.84. The van der Waals surface area contributed by atoms with Crippen molar-refractivity contribution in [2.45, 2.75) is 19.8 Å². The number of nitrogens with zero attached hydrogens (tertiary/aromatic N) is 1. The summed E-state index contributed by atoms with van der Waals surface area (Å²) < 4.78 is 10.9. The lowest BCUT2D eigenvalue weighted by molar-refractivity contribution is -0.111. The maximum absolute atomic E-state index is 11.9. The zero-order chi connectivity index (χ0) is 16.5. The Morgan fingerprint density at radius 3 is 3.00 bits per heavy atom. The maximum Gasteiger partial charge on any atom is 0.248 e. The molecule has 0 unspecified atom stereocenters. The molecule has 1 aromatic heterocycles. The Kier molecular flexibility index (Phi) is 6.01. The highest BCUT2D eigenvalue weighted by atomic mass is 16.5. The summed E-state index contributed by atoms with van der Waals surface area (Å²) in [4.78, 5) is 11.9. The van der Waals surface area contributed by atoms with E-state index in [2.05, 4.69) is 11.4 Å². The quantitative estimate of drug-likeness (QED) is 0.621. The van der Waals surface area contributed by atoms with Gasteiger partial charge in [0, 0.05) is 24.3 Å². The highest BCUT2D eigenvalue weighted by molar-refractivity contribution is 6.01. The second-order valence-corrected chi connectivity index (χ2v) is 4.91. The molecule has 1 heterocycles. The predicted octanol–water partition coefficient (Wildman–Crippen LogP) is 3.92. The van der Waals surface area contributed by atoms with E-state index in [9.17, 15) is 4.79 Å². The fraction of sp³-hybridized carbons (Fsp3) is 0.222. The number of carbonyl (C=O) groups excluding carboxylic acids is 1. The number of ether oxygens (including phenoxy) is 1. The minimum atomic E-state index is -0.249. The summed E-state index contributed by atoms with van der Waals surface area (Å²) in [6, 6.07) is 12.8. The van der Waals surface area contributed by atoms with Crippen LogP contribution in [0.5, 0.6) is 5.75 Å². The molecule has 2 rings (SSSR count). The summed E-state index contributed by atoms with van der Waals surface area (Å²) in [6.07, 6.45) is 4.18. The number of nitriles is 1. The number of aryl methyl sites for hydroxylation is 1. The van der Waals surface area contributed by atoms with Crippen LogP contribution < -0.4 is 10.1 Å². The number of hydrogen-bond acceptors (Lipinski definition) is 4. The number of rotatable bonds is 7. The second-order valence-electron chi connectivity index (χ2n) is 4.91. The van der Waals surface area contributed by atoms with Gasteiger partial charge < -0.3 is 14.5 Å². The highest BCUT2D eigenvalue weighted by Crippen LogP contribution is 2.18. The molecule has 2 aromatic rings. The average molecular weight is 310 g/mol. The van der Waals surface area contributed by atoms with Gasteiger partial charge in [0.1, 0.15) is 17.3 Å². The SMILES string of the molecule is Cc1ccc(/C=C/C(=O)Nc2cccc(OCCCC#N)c2)o1. The van der Waals surface area contributed by atoms with Crippen molar-refractivity contribution in [1.82, 2.24) is 0 Å². The van der Waals surface area contributed by atoms with Gasteiger partial charge in [0.2, 0.25) is 5.91 Å². The number of unbranched alkanes of at least 4 members (excludes halogenated alkanes) is 1. The zero-order valence-electron chi connectivity index (χ0n) is 12.9. The van der Waals surface area contributed by atoms with Crippen LogP contribution in [-0.2, 0) is 4.79 Å². The molecule has 1 N–H and O–H groups in total. The van der Waals surface area contributed by atoms with Gasteiger partial charge in [-0.2, -0.15) is 5.26 Å². The minimum Gasteiger partial charge on any atom is -0.493 e. The number of amides is 1. The third-order valence-electron chi connectivity index (χ3n) is 2.96. The molecular formula is C18H18N2O3. The molecule has 1 amide bonds. The van der Waals surface area contributed by atoms with E-state index in [0.29, 0.717) is 36.6 Å². The molecule has 23 heavy (non-hydrogen) atoms. The first-order valence-electron chi connectivity index (χ1n) is 7.33. The molecule has 0 bridgehead atoms. The van der Waals surface area contributed by atoms with E-state index in [4.69, 9.17) is 14.4 Å². The lowest BCUT2D eigenvalue weighted by atomic mass is 10.3. The second kappa shape index (κ2) is 8.44. The highest BCUT2D eigenvalue weighted by Gasteiger charge is 2.01. The van der Waals surface area contributed by atoms with E-state index >= 15 is 0 Å². The van der Waals surface area contributed by atoms with Gasteiger partial charge in [-0.1, -0.05) is 6.07 Å². The molecule has 0 aliphatic rings. The third kappa shape index (κ3) is 5.71. The number of hydrogen-bond donors (Lipinski definition) is 1. The molecule has 0 spiro atoms. The monoisotopic (exact) mass is 310 g/mol. The Morgan fingerprint density at radius 1 is 1.39 bits per heavy atom. The fourth-order valence-electron chi connectivity index (χ4n) is 1.89. The maximum atomic E-state index is 11.9. The number of benzene rings is 1. The largest absolute Gasteiger partial charge is 0.493 e. The average Bonchev–Trinajstić information content (AvgIpc) is 2.96. The molecule has 1 aromatic carbocycles. The van der Waals surface area contributed by atoms with Crippen LogP contribution in [0.2, 0.25) is 0 Å². The first-order valence-corrected chi connectivity index (χ1v) is 7.33. The molecule has 0 atom stereocenters. The van der Waals surface area contributed by atoms with Crippen LogP contribution in [0.1, 0.15) is 24.4 Å². The summed E-state index contributed by atoms with van der Waals surface area (Å²) in [5.41, 5.74) is 0.646. The van der Waals surface area contributed by atoms with E-state index in [0.717, 1.165) is 5.76 Å². The van der Waals surface area contributed by atoms with Gasteiger partial charge in [-0.15, -0.1) is 0 Å². The molecule has 0 radical (unpaired) electrons. The molecule has 0 aliphatic carbocycles. The molecule has 5 heteroatoms. The summed E-state index contributed by atoms with van der Waals surface area (Å²) in [7, 11) is 0. The van der Waals surface area contributed by atoms with E-state index in [1.54, 1.807) is 30.3 Å². The van der Waals surface area contributed by atoms with Crippen LogP contribution in [-0.4, -0.2) is 12.5 Å². The Balaban J connectivity index is 1.88. The van der Waals surface area contributed by atoms with Crippen molar-refractivity contribution in [3.05, 3.63) is 54.0 Å². The lowest BCUT2D eigenvalue weighted by Crippen LogP contribution is -2.07. The summed E-state index contributed by atoms with van der Waals surface area (Å²) in [6.45, 7) is 2.32. The van der Waals surface area contributed by atoms with E-state index < -0.39 is 0 Å². The molecule has 0 aliphatic heterocycles. The summed E-state index contributed by atoms with van der Waals surface area (Å²) >= 11 is 0. The van der Waals surface area contributed by atoms with E-state index in [1.807, 2.05) is 19.1 Å². The fourth-order valence-corrected chi connectivity index (χ4v) is 1.89. The smallest absolute Gasteiger partial charge is 0.248 e. The van der Waals surface area contributed by atoms with Crippen molar-refractivity contribution >= 4 is 17.7 Å². The van der Waals surface area contributed by atoms with Crippen molar-refractivity contribution in [2.24, 2.45) is 0 Å². The minimum absolute atomic E-state index is 0.249. The van der Waals surface area contributed by atoms with Crippen molar-refractivity contribution in [1.29, 1.82) is 5.26 Å². The first kappa shape index (κ1) is 16.4. The van der Waals surface area contributed by atoms with Crippen LogP contribution in [0.3, 0.4) is 0 Å². The van der Waals surface area contributed by atoms with Crippen LogP contribution in [0.4, 0.5) is 5.69 Å². The lowest BCUT2D eigenvalue weighted by Gasteiger charge is -2.07. The van der Waals surface area contributed by atoms with Crippen molar-refractivity contribution in [3.63, 3.8) is 0 Å². The van der Waals surface area contributed by atoms with E-state index in [1.165, 1.54) is 6.08 Å². The molecule has 0 saturated heterocycles. The Hall–Kier alpha value is -3.00.